The third-order valence-corrected chi connectivity index (χ3v) is 6.48. The lowest BCUT2D eigenvalue weighted by atomic mass is 10.1. The summed E-state index contributed by atoms with van der Waals surface area (Å²) in [5.41, 5.74) is -0.152. The molecule has 0 unspecified atom stereocenters. The number of benzene rings is 2. The van der Waals surface area contributed by atoms with Crippen LogP contribution in [0.1, 0.15) is 24.0 Å². The van der Waals surface area contributed by atoms with Gasteiger partial charge in [0.2, 0.25) is 0 Å². The number of halogens is 4. The fourth-order valence-corrected chi connectivity index (χ4v) is 4.37. The minimum Gasteiger partial charge on any atom is -0.349 e. The maximum atomic E-state index is 13.1. The van der Waals surface area contributed by atoms with E-state index >= 15 is 0 Å². The minimum absolute atomic E-state index is 0.0837. The summed E-state index contributed by atoms with van der Waals surface area (Å²) < 4.78 is 39.2. The molecule has 1 aromatic heterocycles. The van der Waals surface area contributed by atoms with Crippen LogP contribution >= 0.6 is 11.6 Å². The molecule has 210 valence electrons. The van der Waals surface area contributed by atoms with Gasteiger partial charge in [0.25, 0.3) is 5.91 Å². The van der Waals surface area contributed by atoms with Gasteiger partial charge < -0.3 is 26.2 Å². The Labute approximate surface area is 233 Å². The van der Waals surface area contributed by atoms with Crippen LogP contribution in [0.2, 0.25) is 5.02 Å². The van der Waals surface area contributed by atoms with E-state index in [4.69, 9.17) is 17.0 Å². The lowest BCUT2D eigenvalue weighted by Gasteiger charge is -2.16. The van der Waals surface area contributed by atoms with Crippen LogP contribution in [-0.4, -0.2) is 53.7 Å². The first kappa shape index (κ1) is 28.8. The van der Waals surface area contributed by atoms with Gasteiger partial charge in [0.1, 0.15) is 11.5 Å². The molecule has 3 aromatic rings. The van der Waals surface area contributed by atoms with Crippen molar-refractivity contribution in [1.29, 1.82) is 5.41 Å². The Bertz CT molecular complexity index is 1380. The third kappa shape index (κ3) is 7.70. The Kier molecular flexibility index (Phi) is 9.22. The van der Waals surface area contributed by atoms with E-state index in [2.05, 4.69) is 31.2 Å². The fourth-order valence-electron chi connectivity index (χ4n) is 4.15. The molecule has 2 heterocycles. The number of aromatic nitrogens is 1. The number of nitrogens with one attached hydrogen (secondary N) is 5. The summed E-state index contributed by atoms with van der Waals surface area (Å²) in [5, 5.41) is 18.6. The van der Waals surface area contributed by atoms with Crippen molar-refractivity contribution in [3.8, 4) is 0 Å². The largest absolute Gasteiger partial charge is 0.417 e. The molecule has 0 aliphatic carbocycles. The van der Waals surface area contributed by atoms with E-state index in [-0.39, 0.29) is 17.1 Å². The highest BCUT2D eigenvalue weighted by molar-refractivity contribution is 6.45. The molecule has 0 saturated carbocycles. The standard InChI is InChI=1S/C27H27ClF3N7O2/c28-21-9-7-17(15-20(21)27(29,30)31)35-26(40)36-18-8-10-23(34-16-18)37-22-6-2-1-5-19(22)24(32)25(39)33-11-14-38-12-3-4-13-38/h1-2,5-10,15-16,32H,3-4,11-14H2,(H,33,39)(H,34,37)(H2,35,36,40). The van der Waals surface area contributed by atoms with Crippen molar-refractivity contribution >= 4 is 52.1 Å². The number of urea groups is 1. The van der Waals surface area contributed by atoms with Crippen LogP contribution in [0.25, 0.3) is 0 Å². The molecule has 1 fully saturated rings. The monoisotopic (exact) mass is 573 g/mol. The summed E-state index contributed by atoms with van der Waals surface area (Å²) in [4.78, 5) is 31.4. The first-order chi connectivity index (χ1) is 19.1. The lowest BCUT2D eigenvalue weighted by Crippen LogP contribution is -2.37. The fraction of sp³-hybridized carbons (Fsp3) is 0.259. The molecule has 1 saturated heterocycles. The Morgan fingerprint density at radius 1 is 1.00 bits per heavy atom. The molecular weight excluding hydrogens is 547 g/mol. The highest BCUT2D eigenvalue weighted by Crippen LogP contribution is 2.36. The number of hydrogen-bond donors (Lipinski definition) is 5. The number of nitrogens with zero attached hydrogens (tertiary/aromatic N) is 2. The molecular formula is C27H27ClF3N7O2. The quantitative estimate of drug-likeness (QED) is 0.210. The van der Waals surface area contributed by atoms with Crippen molar-refractivity contribution in [2.45, 2.75) is 19.0 Å². The number of carbonyl (C=O) groups is 2. The average molecular weight is 574 g/mol. The van der Waals surface area contributed by atoms with Crippen LogP contribution in [0.3, 0.4) is 0 Å². The molecule has 13 heteroatoms. The van der Waals surface area contributed by atoms with Crippen LogP contribution in [0.5, 0.6) is 0 Å². The summed E-state index contributed by atoms with van der Waals surface area (Å²) in [6.07, 6.45) is -0.983. The third-order valence-electron chi connectivity index (χ3n) is 6.15. The van der Waals surface area contributed by atoms with Gasteiger partial charge >= 0.3 is 12.2 Å². The normalized spacial score (nSPS) is 13.5. The van der Waals surface area contributed by atoms with E-state index in [0.717, 1.165) is 44.6 Å². The first-order valence-corrected chi connectivity index (χ1v) is 12.8. The molecule has 0 spiro atoms. The number of carbonyl (C=O) groups excluding carboxylic acids is 2. The second kappa shape index (κ2) is 12.8. The highest BCUT2D eigenvalue weighted by atomic mass is 35.5. The van der Waals surface area contributed by atoms with Gasteiger partial charge in [-0.2, -0.15) is 13.2 Å². The SMILES string of the molecule is N=C(C(=O)NCCN1CCCC1)c1ccccc1Nc1ccc(NC(=O)Nc2ccc(Cl)c(C(F)(F)F)c2)cn1. The molecule has 4 rings (SSSR count). The maximum absolute atomic E-state index is 13.1. The van der Waals surface area contributed by atoms with Gasteiger partial charge in [-0.1, -0.05) is 29.8 Å². The van der Waals surface area contributed by atoms with Gasteiger partial charge in [-0.05, 0) is 62.3 Å². The smallest absolute Gasteiger partial charge is 0.349 e. The van der Waals surface area contributed by atoms with Gasteiger partial charge in [0.05, 0.1) is 22.5 Å². The molecule has 2 aromatic carbocycles. The van der Waals surface area contributed by atoms with Crippen LogP contribution in [0, 0.1) is 5.41 Å². The molecule has 1 aliphatic rings. The number of anilines is 4. The first-order valence-electron chi connectivity index (χ1n) is 12.5. The van der Waals surface area contributed by atoms with Crippen molar-refractivity contribution in [1.82, 2.24) is 15.2 Å². The Morgan fingerprint density at radius 3 is 2.40 bits per heavy atom. The average Bonchev–Trinajstić information content (AvgIpc) is 3.44. The molecule has 0 bridgehead atoms. The van der Waals surface area contributed by atoms with E-state index in [9.17, 15) is 22.8 Å². The predicted octanol–water partition coefficient (Wildman–Crippen LogP) is 5.72. The van der Waals surface area contributed by atoms with E-state index < -0.39 is 28.7 Å². The summed E-state index contributed by atoms with van der Waals surface area (Å²) >= 11 is 5.61. The van der Waals surface area contributed by atoms with Crippen molar-refractivity contribution < 1.29 is 22.8 Å². The Hall–Kier alpha value is -4.16. The van der Waals surface area contributed by atoms with Gasteiger partial charge in [0, 0.05) is 30.0 Å². The number of rotatable bonds is 9. The molecule has 0 radical (unpaired) electrons. The van der Waals surface area contributed by atoms with E-state index in [1.165, 1.54) is 18.3 Å². The zero-order chi connectivity index (χ0) is 28.7. The zero-order valence-corrected chi connectivity index (χ0v) is 22.0. The van der Waals surface area contributed by atoms with Crippen LogP contribution < -0.4 is 21.3 Å². The highest BCUT2D eigenvalue weighted by Gasteiger charge is 2.33. The summed E-state index contributed by atoms with van der Waals surface area (Å²) in [6, 6.07) is 12.2. The van der Waals surface area contributed by atoms with Crippen molar-refractivity contribution in [2.75, 3.05) is 42.1 Å². The lowest BCUT2D eigenvalue weighted by molar-refractivity contribution is -0.137. The predicted molar refractivity (Wildman–Crippen MR) is 149 cm³/mol. The number of amides is 3. The van der Waals surface area contributed by atoms with E-state index in [0.29, 0.717) is 23.6 Å². The topological polar surface area (TPSA) is 122 Å². The molecule has 1 aliphatic heterocycles. The summed E-state index contributed by atoms with van der Waals surface area (Å²) in [5.74, 6) is -0.0943. The molecule has 0 atom stereocenters. The molecule has 40 heavy (non-hydrogen) atoms. The number of likely N-dealkylation sites (tertiary alicyclic amines) is 1. The van der Waals surface area contributed by atoms with Crippen molar-refractivity contribution in [3.63, 3.8) is 0 Å². The number of hydrogen-bond acceptors (Lipinski definition) is 6. The Morgan fingerprint density at radius 2 is 1.70 bits per heavy atom. The second-order valence-electron chi connectivity index (χ2n) is 9.05. The van der Waals surface area contributed by atoms with Crippen molar-refractivity contribution in [3.05, 3.63) is 76.9 Å². The van der Waals surface area contributed by atoms with Crippen LogP contribution in [0.15, 0.2) is 60.8 Å². The van der Waals surface area contributed by atoms with Crippen molar-refractivity contribution in [2.24, 2.45) is 0 Å². The maximum Gasteiger partial charge on any atom is 0.417 e. The van der Waals surface area contributed by atoms with E-state index in [1.807, 2.05) is 0 Å². The van der Waals surface area contributed by atoms with Gasteiger partial charge in [-0.15, -0.1) is 0 Å². The second-order valence-corrected chi connectivity index (χ2v) is 9.46. The number of pyridine rings is 1. The Balaban J connectivity index is 1.34. The molecule has 3 amide bonds. The molecule has 5 N–H and O–H groups in total. The summed E-state index contributed by atoms with van der Waals surface area (Å²) in [6.45, 7) is 3.26. The zero-order valence-electron chi connectivity index (χ0n) is 21.2. The van der Waals surface area contributed by atoms with Crippen LogP contribution in [0.4, 0.5) is 40.8 Å². The molecule has 9 nitrogen and oxygen atoms in total. The van der Waals surface area contributed by atoms with Gasteiger partial charge in [-0.25, -0.2) is 9.78 Å². The van der Waals surface area contributed by atoms with E-state index in [1.54, 1.807) is 30.3 Å². The summed E-state index contributed by atoms with van der Waals surface area (Å²) in [7, 11) is 0. The number of para-hydroxylation sites is 1. The van der Waals surface area contributed by atoms with Gasteiger partial charge in [-0.3, -0.25) is 10.2 Å². The van der Waals surface area contributed by atoms with Crippen LogP contribution in [-0.2, 0) is 11.0 Å². The minimum atomic E-state index is -4.66. The number of alkyl halides is 3. The van der Waals surface area contributed by atoms with Gasteiger partial charge in [0.15, 0.2) is 0 Å².